The van der Waals surface area contributed by atoms with Gasteiger partial charge in [0.15, 0.2) is 0 Å². The van der Waals surface area contributed by atoms with Gasteiger partial charge in [-0.15, -0.1) is 0 Å². The summed E-state index contributed by atoms with van der Waals surface area (Å²) in [5, 5.41) is 3.42. The van der Waals surface area contributed by atoms with E-state index in [1.54, 1.807) is 6.92 Å². The van der Waals surface area contributed by atoms with E-state index in [1.807, 2.05) is 0 Å². The molecule has 5 heteroatoms. The van der Waals surface area contributed by atoms with E-state index >= 15 is 0 Å². The Morgan fingerprint density at radius 2 is 2.06 bits per heavy atom. The van der Waals surface area contributed by atoms with Crippen LogP contribution in [0.2, 0.25) is 0 Å². The van der Waals surface area contributed by atoms with Crippen molar-refractivity contribution in [2.75, 3.05) is 31.1 Å². The smallest absolute Gasteiger partial charge is 0.150 e. The van der Waals surface area contributed by atoms with E-state index in [9.17, 15) is 8.42 Å². The van der Waals surface area contributed by atoms with Crippen LogP contribution in [0.3, 0.4) is 0 Å². The van der Waals surface area contributed by atoms with E-state index in [2.05, 4.69) is 24.1 Å². The molecule has 0 aromatic heterocycles. The Morgan fingerprint density at radius 1 is 1.38 bits per heavy atom. The summed E-state index contributed by atoms with van der Waals surface area (Å²) < 4.78 is 22.7. The minimum atomic E-state index is -2.79. The van der Waals surface area contributed by atoms with Crippen LogP contribution in [0.1, 0.15) is 27.2 Å². The van der Waals surface area contributed by atoms with Crippen LogP contribution in [0.5, 0.6) is 0 Å². The molecule has 1 aliphatic rings. The molecule has 4 nitrogen and oxygen atoms in total. The van der Waals surface area contributed by atoms with Gasteiger partial charge in [0.1, 0.15) is 9.84 Å². The van der Waals surface area contributed by atoms with E-state index < -0.39 is 9.84 Å². The van der Waals surface area contributed by atoms with Gasteiger partial charge in [0.2, 0.25) is 0 Å². The topological polar surface area (TPSA) is 49.4 Å². The van der Waals surface area contributed by atoms with Crippen LogP contribution >= 0.6 is 0 Å². The molecule has 0 spiro atoms. The zero-order valence-corrected chi connectivity index (χ0v) is 11.4. The maximum absolute atomic E-state index is 11.4. The van der Waals surface area contributed by atoms with Gasteiger partial charge < -0.3 is 5.32 Å². The molecule has 16 heavy (non-hydrogen) atoms. The summed E-state index contributed by atoms with van der Waals surface area (Å²) in [6.45, 7) is 8.99. The highest BCUT2D eigenvalue weighted by molar-refractivity contribution is 7.91. The third kappa shape index (κ3) is 4.39. The van der Waals surface area contributed by atoms with Crippen molar-refractivity contribution < 1.29 is 8.42 Å². The quantitative estimate of drug-likeness (QED) is 0.769. The average Bonchev–Trinajstić information content (AvgIpc) is 2.23. The fourth-order valence-electron chi connectivity index (χ4n) is 2.04. The minimum Gasteiger partial charge on any atom is -0.311 e. The predicted molar refractivity (Wildman–Crippen MR) is 67.4 cm³/mol. The summed E-state index contributed by atoms with van der Waals surface area (Å²) in [5.74, 6) is 0.592. The second-order valence-corrected chi connectivity index (χ2v) is 7.22. The molecule has 0 aromatic carbocycles. The number of hydrogen-bond acceptors (Lipinski definition) is 4. The van der Waals surface area contributed by atoms with Crippen LogP contribution < -0.4 is 5.32 Å². The normalized spacial score (nSPS) is 28.2. The summed E-state index contributed by atoms with van der Waals surface area (Å²) in [6, 6.07) is 1.03. The van der Waals surface area contributed by atoms with Crippen LogP contribution in [0.15, 0.2) is 0 Å². The van der Waals surface area contributed by atoms with Gasteiger partial charge in [-0.1, -0.05) is 6.92 Å². The minimum absolute atomic E-state index is 0.264. The van der Waals surface area contributed by atoms with Crippen molar-refractivity contribution >= 4 is 9.84 Å². The lowest BCUT2D eigenvalue weighted by atomic mass is 10.1. The van der Waals surface area contributed by atoms with Gasteiger partial charge in [-0.2, -0.15) is 0 Å². The van der Waals surface area contributed by atoms with E-state index in [0.29, 0.717) is 17.8 Å². The Morgan fingerprint density at radius 3 is 2.69 bits per heavy atom. The number of nitrogens with one attached hydrogen (secondary N) is 1. The van der Waals surface area contributed by atoms with Crippen LogP contribution in [-0.2, 0) is 9.84 Å². The molecule has 0 amide bonds. The van der Waals surface area contributed by atoms with Crippen molar-refractivity contribution in [3.8, 4) is 0 Å². The molecular formula is C11H24N2O2S. The predicted octanol–water partition coefficient (Wildman–Crippen LogP) is 0.493. The Bertz CT molecular complexity index is 303. The number of nitrogens with zero attached hydrogens (tertiary/aromatic N) is 1. The SMILES string of the molecule is CCS(=O)(=O)CCCN1CC(C)NCC1C. The van der Waals surface area contributed by atoms with Crippen LogP contribution in [0.25, 0.3) is 0 Å². The third-order valence-electron chi connectivity index (χ3n) is 3.23. The number of sulfone groups is 1. The van der Waals surface area contributed by atoms with Crippen molar-refractivity contribution in [3.05, 3.63) is 0 Å². The van der Waals surface area contributed by atoms with Crippen molar-refractivity contribution in [1.29, 1.82) is 0 Å². The van der Waals surface area contributed by atoms with Gasteiger partial charge in [-0.05, 0) is 26.8 Å². The highest BCUT2D eigenvalue weighted by Crippen LogP contribution is 2.07. The molecule has 0 bridgehead atoms. The average molecular weight is 248 g/mol. The van der Waals surface area contributed by atoms with E-state index in [4.69, 9.17) is 0 Å². The molecule has 1 fully saturated rings. The first-order chi connectivity index (χ1) is 7.44. The Labute approximate surface area is 99.3 Å². The van der Waals surface area contributed by atoms with Gasteiger partial charge in [-0.3, -0.25) is 4.90 Å². The first-order valence-electron chi connectivity index (χ1n) is 6.12. The Balaban J connectivity index is 2.31. The summed E-state index contributed by atoms with van der Waals surface area (Å²) in [6.07, 6.45) is 0.757. The van der Waals surface area contributed by atoms with E-state index in [0.717, 1.165) is 26.1 Å². The first kappa shape index (κ1) is 13.9. The summed E-state index contributed by atoms with van der Waals surface area (Å²) in [7, 11) is -2.79. The molecule has 1 aliphatic heterocycles. The van der Waals surface area contributed by atoms with Gasteiger partial charge in [-0.25, -0.2) is 8.42 Å². The molecule has 0 aromatic rings. The lowest BCUT2D eigenvalue weighted by Gasteiger charge is -2.37. The largest absolute Gasteiger partial charge is 0.311 e. The molecular weight excluding hydrogens is 224 g/mol. The van der Waals surface area contributed by atoms with Gasteiger partial charge >= 0.3 is 0 Å². The van der Waals surface area contributed by atoms with Crippen LogP contribution in [0.4, 0.5) is 0 Å². The standard InChI is InChI=1S/C11H24N2O2S/c1-4-16(14,15)7-5-6-13-9-10(2)12-8-11(13)3/h10-12H,4-9H2,1-3H3. The number of piperazine rings is 1. The van der Waals surface area contributed by atoms with Crippen molar-refractivity contribution in [1.82, 2.24) is 10.2 Å². The van der Waals surface area contributed by atoms with E-state index in [-0.39, 0.29) is 5.75 Å². The number of rotatable bonds is 5. The molecule has 0 aliphatic carbocycles. The second-order valence-electron chi connectivity index (χ2n) is 4.74. The van der Waals surface area contributed by atoms with Crippen LogP contribution in [0, 0.1) is 0 Å². The van der Waals surface area contributed by atoms with Gasteiger partial charge in [0, 0.05) is 30.9 Å². The zero-order chi connectivity index (χ0) is 12.2. The molecule has 1 rings (SSSR count). The zero-order valence-electron chi connectivity index (χ0n) is 10.6. The lowest BCUT2D eigenvalue weighted by Crippen LogP contribution is -2.54. The Hall–Kier alpha value is -0.130. The molecule has 1 heterocycles. The molecule has 1 saturated heterocycles. The molecule has 1 N–H and O–H groups in total. The maximum Gasteiger partial charge on any atom is 0.150 e. The molecule has 96 valence electrons. The fraction of sp³-hybridized carbons (Fsp3) is 1.00. The van der Waals surface area contributed by atoms with Crippen molar-refractivity contribution in [3.63, 3.8) is 0 Å². The number of hydrogen-bond donors (Lipinski definition) is 1. The highest BCUT2D eigenvalue weighted by Gasteiger charge is 2.22. The summed E-state index contributed by atoms with van der Waals surface area (Å²) in [5.41, 5.74) is 0. The summed E-state index contributed by atoms with van der Waals surface area (Å²) >= 11 is 0. The monoisotopic (exact) mass is 248 g/mol. The third-order valence-corrected chi connectivity index (χ3v) is 5.02. The van der Waals surface area contributed by atoms with Gasteiger partial charge in [0.05, 0.1) is 5.75 Å². The molecule has 2 unspecified atom stereocenters. The molecule has 0 saturated carbocycles. The Kier molecular flexibility index (Phi) is 5.21. The lowest BCUT2D eigenvalue weighted by molar-refractivity contribution is 0.147. The van der Waals surface area contributed by atoms with E-state index in [1.165, 1.54) is 0 Å². The van der Waals surface area contributed by atoms with Gasteiger partial charge in [0.25, 0.3) is 0 Å². The second kappa shape index (κ2) is 5.98. The van der Waals surface area contributed by atoms with Crippen molar-refractivity contribution in [2.24, 2.45) is 0 Å². The van der Waals surface area contributed by atoms with Crippen molar-refractivity contribution in [2.45, 2.75) is 39.3 Å². The van der Waals surface area contributed by atoms with Crippen LogP contribution in [-0.4, -0.2) is 56.5 Å². The first-order valence-corrected chi connectivity index (χ1v) is 7.94. The molecule has 2 atom stereocenters. The maximum atomic E-state index is 11.4. The fourth-order valence-corrected chi connectivity index (χ4v) is 2.90. The highest BCUT2D eigenvalue weighted by atomic mass is 32.2. The molecule has 0 radical (unpaired) electrons. The summed E-state index contributed by atoms with van der Waals surface area (Å²) in [4.78, 5) is 2.38.